The Morgan fingerprint density at radius 3 is 2.61 bits per heavy atom. The van der Waals surface area contributed by atoms with Crippen LogP contribution in [0.2, 0.25) is 0 Å². The van der Waals surface area contributed by atoms with Gasteiger partial charge in [-0.2, -0.15) is 0 Å². The molecule has 0 radical (unpaired) electrons. The van der Waals surface area contributed by atoms with Crippen LogP contribution in [0.15, 0.2) is 30.5 Å². The maximum atomic E-state index is 6.17. The van der Waals surface area contributed by atoms with Gasteiger partial charge in [0, 0.05) is 3.57 Å². The Hall–Kier alpha value is -0.880. The number of nitrogens with one attached hydrogen (secondary N) is 1. The maximum Gasteiger partial charge on any atom is 0.123 e. The van der Waals surface area contributed by atoms with Crippen LogP contribution >= 0.6 is 22.6 Å². The van der Waals surface area contributed by atoms with Crippen molar-refractivity contribution in [1.29, 1.82) is 0 Å². The van der Waals surface area contributed by atoms with E-state index in [1.807, 2.05) is 6.20 Å². The van der Waals surface area contributed by atoms with E-state index in [1.165, 1.54) is 3.57 Å². The molecule has 2 unspecified atom stereocenters. The van der Waals surface area contributed by atoms with E-state index in [1.54, 1.807) is 0 Å². The minimum Gasteiger partial charge on any atom is -0.341 e. The summed E-state index contributed by atoms with van der Waals surface area (Å²) in [5, 5.41) is 0. The third-order valence-electron chi connectivity index (χ3n) is 3.32. The zero-order valence-electron chi connectivity index (χ0n) is 10.7. The van der Waals surface area contributed by atoms with Gasteiger partial charge in [0.05, 0.1) is 17.9 Å². The van der Waals surface area contributed by atoms with E-state index in [2.05, 4.69) is 70.7 Å². The second kappa shape index (κ2) is 5.84. The van der Waals surface area contributed by atoms with Crippen molar-refractivity contribution in [2.75, 3.05) is 0 Å². The van der Waals surface area contributed by atoms with Gasteiger partial charge in [-0.1, -0.05) is 32.4 Å². The van der Waals surface area contributed by atoms with Crippen molar-refractivity contribution in [1.82, 2.24) is 9.97 Å². The molecule has 0 fully saturated rings. The number of aromatic nitrogens is 2. The van der Waals surface area contributed by atoms with Crippen molar-refractivity contribution >= 4 is 22.6 Å². The second-order valence-electron chi connectivity index (χ2n) is 4.60. The molecule has 0 aliphatic heterocycles. The van der Waals surface area contributed by atoms with Crippen molar-refractivity contribution in [3.05, 3.63) is 39.9 Å². The van der Waals surface area contributed by atoms with Crippen LogP contribution in [0.25, 0.3) is 11.3 Å². The fraction of sp³-hybridized carbons (Fsp3) is 0.357. The Kier molecular flexibility index (Phi) is 4.40. The Morgan fingerprint density at radius 1 is 1.33 bits per heavy atom. The maximum absolute atomic E-state index is 6.17. The fourth-order valence-electron chi connectivity index (χ4n) is 1.81. The standard InChI is InChI=1S/C14H18IN3/c1-3-9(2)13(16)14-17-8-12(18-14)10-4-6-11(15)7-5-10/h4-9,13H,3,16H2,1-2H3,(H,17,18). The molecule has 0 aliphatic rings. The van der Waals surface area contributed by atoms with Crippen LogP contribution in [0.1, 0.15) is 32.1 Å². The largest absolute Gasteiger partial charge is 0.341 e. The molecule has 0 saturated heterocycles. The van der Waals surface area contributed by atoms with Gasteiger partial charge >= 0.3 is 0 Å². The van der Waals surface area contributed by atoms with Gasteiger partial charge in [-0.05, 0) is 46.2 Å². The smallest absolute Gasteiger partial charge is 0.123 e. The number of benzene rings is 1. The van der Waals surface area contributed by atoms with E-state index < -0.39 is 0 Å². The molecule has 1 aromatic heterocycles. The summed E-state index contributed by atoms with van der Waals surface area (Å²) in [6.07, 6.45) is 2.92. The summed E-state index contributed by atoms with van der Waals surface area (Å²) in [4.78, 5) is 7.73. The van der Waals surface area contributed by atoms with E-state index in [-0.39, 0.29) is 6.04 Å². The van der Waals surface area contributed by atoms with Crippen molar-refractivity contribution in [3.8, 4) is 11.3 Å². The molecular formula is C14H18IN3. The summed E-state index contributed by atoms with van der Waals surface area (Å²) in [7, 11) is 0. The second-order valence-corrected chi connectivity index (χ2v) is 5.85. The number of hydrogen-bond donors (Lipinski definition) is 2. The Morgan fingerprint density at radius 2 is 2.00 bits per heavy atom. The van der Waals surface area contributed by atoms with Gasteiger partial charge in [0.2, 0.25) is 0 Å². The number of hydrogen-bond acceptors (Lipinski definition) is 2. The van der Waals surface area contributed by atoms with Crippen molar-refractivity contribution in [2.24, 2.45) is 11.7 Å². The third kappa shape index (κ3) is 2.92. The van der Waals surface area contributed by atoms with Crippen LogP contribution in [-0.4, -0.2) is 9.97 Å². The third-order valence-corrected chi connectivity index (χ3v) is 4.04. The van der Waals surface area contributed by atoms with Crippen molar-refractivity contribution in [3.63, 3.8) is 0 Å². The minimum atomic E-state index is -0.0207. The first kappa shape index (κ1) is 13.5. The Balaban J connectivity index is 2.22. The van der Waals surface area contributed by atoms with Gasteiger partial charge in [-0.25, -0.2) is 4.98 Å². The zero-order chi connectivity index (χ0) is 13.1. The quantitative estimate of drug-likeness (QED) is 0.822. The number of halogens is 1. The van der Waals surface area contributed by atoms with Crippen LogP contribution in [0.5, 0.6) is 0 Å². The molecule has 0 bridgehead atoms. The number of imidazole rings is 1. The molecule has 1 aromatic carbocycles. The number of nitrogens with two attached hydrogens (primary N) is 1. The van der Waals surface area contributed by atoms with Gasteiger partial charge < -0.3 is 10.7 Å². The SMILES string of the molecule is CCC(C)C(N)c1ncc(-c2ccc(I)cc2)[nH]1. The first-order chi connectivity index (χ1) is 8.61. The fourth-order valence-corrected chi connectivity index (χ4v) is 2.17. The monoisotopic (exact) mass is 355 g/mol. The zero-order valence-corrected chi connectivity index (χ0v) is 12.8. The van der Waals surface area contributed by atoms with Gasteiger partial charge in [0.1, 0.15) is 5.82 Å². The Bertz CT molecular complexity index is 504. The molecule has 2 rings (SSSR count). The molecule has 0 saturated carbocycles. The molecule has 96 valence electrons. The van der Waals surface area contributed by atoms with Crippen LogP contribution in [-0.2, 0) is 0 Å². The van der Waals surface area contributed by atoms with E-state index in [0.717, 1.165) is 23.5 Å². The van der Waals surface area contributed by atoms with E-state index in [0.29, 0.717) is 5.92 Å². The average Bonchev–Trinajstić information content (AvgIpc) is 2.87. The molecule has 3 nitrogen and oxygen atoms in total. The molecule has 0 spiro atoms. The highest BCUT2D eigenvalue weighted by Gasteiger charge is 2.16. The minimum absolute atomic E-state index is 0.0207. The molecule has 18 heavy (non-hydrogen) atoms. The van der Waals surface area contributed by atoms with E-state index in [9.17, 15) is 0 Å². The molecule has 2 aromatic rings. The lowest BCUT2D eigenvalue weighted by Gasteiger charge is -2.15. The molecule has 0 aliphatic carbocycles. The molecule has 4 heteroatoms. The first-order valence-electron chi connectivity index (χ1n) is 6.18. The molecule has 0 amide bonds. The van der Waals surface area contributed by atoms with Crippen molar-refractivity contribution < 1.29 is 0 Å². The van der Waals surface area contributed by atoms with E-state index >= 15 is 0 Å². The number of aromatic amines is 1. The Labute approximate surface area is 121 Å². The van der Waals surface area contributed by atoms with Crippen LogP contribution < -0.4 is 5.73 Å². The summed E-state index contributed by atoms with van der Waals surface area (Å²) in [5.41, 5.74) is 8.34. The van der Waals surface area contributed by atoms with Gasteiger partial charge in [0.15, 0.2) is 0 Å². The molecule has 2 atom stereocenters. The van der Waals surface area contributed by atoms with Crippen molar-refractivity contribution in [2.45, 2.75) is 26.3 Å². The average molecular weight is 355 g/mol. The molecule has 1 heterocycles. The predicted molar refractivity (Wildman–Crippen MR) is 83.1 cm³/mol. The lowest BCUT2D eigenvalue weighted by Crippen LogP contribution is -2.19. The predicted octanol–water partition coefficient (Wildman–Crippen LogP) is 3.73. The summed E-state index contributed by atoms with van der Waals surface area (Å²) >= 11 is 2.30. The highest BCUT2D eigenvalue weighted by Crippen LogP contribution is 2.23. The summed E-state index contributed by atoms with van der Waals surface area (Å²) in [6, 6.07) is 8.34. The highest BCUT2D eigenvalue weighted by atomic mass is 127. The van der Waals surface area contributed by atoms with Crippen LogP contribution in [0, 0.1) is 9.49 Å². The van der Waals surface area contributed by atoms with Gasteiger partial charge in [-0.15, -0.1) is 0 Å². The van der Waals surface area contributed by atoms with Gasteiger partial charge in [-0.3, -0.25) is 0 Å². The molecular weight excluding hydrogens is 337 g/mol. The summed E-state index contributed by atoms with van der Waals surface area (Å²) < 4.78 is 1.23. The lowest BCUT2D eigenvalue weighted by atomic mass is 10.00. The van der Waals surface area contributed by atoms with Crippen LogP contribution in [0.3, 0.4) is 0 Å². The summed E-state index contributed by atoms with van der Waals surface area (Å²) in [6.45, 7) is 4.30. The van der Waals surface area contributed by atoms with Crippen LogP contribution in [0.4, 0.5) is 0 Å². The highest BCUT2D eigenvalue weighted by molar-refractivity contribution is 14.1. The van der Waals surface area contributed by atoms with Gasteiger partial charge in [0.25, 0.3) is 0 Å². The normalized spacial score (nSPS) is 14.4. The number of nitrogens with zero attached hydrogens (tertiary/aromatic N) is 1. The molecule has 3 N–H and O–H groups in total. The first-order valence-corrected chi connectivity index (χ1v) is 7.26. The summed E-state index contributed by atoms with van der Waals surface area (Å²) in [5.74, 6) is 1.30. The number of rotatable bonds is 4. The topological polar surface area (TPSA) is 54.7 Å². The van der Waals surface area contributed by atoms with E-state index in [4.69, 9.17) is 5.73 Å². The lowest BCUT2D eigenvalue weighted by molar-refractivity contribution is 0.441. The number of H-pyrrole nitrogens is 1.